The third kappa shape index (κ3) is 3.24. The van der Waals surface area contributed by atoms with Crippen molar-refractivity contribution in [2.24, 2.45) is 0 Å². The molecule has 18 heavy (non-hydrogen) atoms. The highest BCUT2D eigenvalue weighted by molar-refractivity contribution is 14.1. The molecule has 2 aromatic rings. The van der Waals surface area contributed by atoms with Crippen molar-refractivity contribution in [3.05, 3.63) is 56.6 Å². The fourth-order valence-corrected chi connectivity index (χ4v) is 3.63. The van der Waals surface area contributed by atoms with Crippen LogP contribution in [-0.2, 0) is 16.6 Å². The lowest BCUT2D eigenvalue weighted by Crippen LogP contribution is -2.01. The second-order valence-corrected chi connectivity index (χ2v) is 6.82. The first-order valence-electron chi connectivity index (χ1n) is 5.25. The topological polar surface area (TPSA) is 43.1 Å². The van der Waals surface area contributed by atoms with E-state index in [0.717, 1.165) is 9.13 Å². The number of halogens is 2. The minimum Gasteiger partial charge on any atom is -0.398 e. The van der Waals surface area contributed by atoms with Gasteiger partial charge in [0.05, 0.1) is 26.5 Å². The van der Waals surface area contributed by atoms with Gasteiger partial charge in [-0.25, -0.2) is 0 Å². The zero-order chi connectivity index (χ0) is 13.1. The van der Waals surface area contributed by atoms with Crippen LogP contribution in [0.4, 0.5) is 5.69 Å². The van der Waals surface area contributed by atoms with E-state index in [9.17, 15) is 4.21 Å². The zero-order valence-corrected chi connectivity index (χ0v) is 13.1. The van der Waals surface area contributed by atoms with Crippen LogP contribution in [0.1, 0.15) is 5.56 Å². The molecule has 0 saturated heterocycles. The second-order valence-electron chi connectivity index (χ2n) is 3.77. The SMILES string of the molecule is Nc1cccc(Cl)c1S(=O)Cc1ccc(I)cc1. The number of hydrogen-bond acceptors (Lipinski definition) is 2. The second kappa shape index (κ2) is 6.04. The summed E-state index contributed by atoms with van der Waals surface area (Å²) < 4.78 is 13.4. The van der Waals surface area contributed by atoms with E-state index < -0.39 is 10.8 Å². The van der Waals surface area contributed by atoms with Gasteiger partial charge in [-0.1, -0.05) is 29.8 Å². The van der Waals surface area contributed by atoms with Crippen molar-refractivity contribution in [2.45, 2.75) is 10.6 Å². The van der Waals surface area contributed by atoms with Gasteiger partial charge in [0.1, 0.15) is 0 Å². The lowest BCUT2D eigenvalue weighted by Gasteiger charge is -2.08. The summed E-state index contributed by atoms with van der Waals surface area (Å²) in [6, 6.07) is 13.1. The van der Waals surface area contributed by atoms with Gasteiger partial charge in [-0.05, 0) is 52.4 Å². The number of hydrogen-bond donors (Lipinski definition) is 1. The Morgan fingerprint density at radius 2 is 1.83 bits per heavy atom. The number of nitrogen functional groups attached to an aromatic ring is 1. The van der Waals surface area contributed by atoms with Crippen LogP contribution < -0.4 is 5.73 Å². The van der Waals surface area contributed by atoms with Gasteiger partial charge < -0.3 is 5.73 Å². The summed E-state index contributed by atoms with van der Waals surface area (Å²) in [6.45, 7) is 0. The highest BCUT2D eigenvalue weighted by atomic mass is 127. The highest BCUT2D eigenvalue weighted by Crippen LogP contribution is 2.27. The van der Waals surface area contributed by atoms with E-state index in [1.807, 2.05) is 24.3 Å². The minimum absolute atomic E-state index is 0.421. The van der Waals surface area contributed by atoms with Crippen LogP contribution in [0.3, 0.4) is 0 Å². The molecule has 0 amide bonds. The molecule has 0 bridgehead atoms. The normalized spacial score (nSPS) is 12.3. The molecule has 2 aromatic carbocycles. The molecule has 0 heterocycles. The van der Waals surface area contributed by atoms with Gasteiger partial charge in [0.25, 0.3) is 0 Å². The Kier molecular flexibility index (Phi) is 4.64. The lowest BCUT2D eigenvalue weighted by atomic mass is 10.2. The van der Waals surface area contributed by atoms with Gasteiger partial charge in [-0.2, -0.15) is 0 Å². The van der Waals surface area contributed by atoms with Crippen molar-refractivity contribution < 1.29 is 4.21 Å². The van der Waals surface area contributed by atoms with Crippen molar-refractivity contribution in [3.8, 4) is 0 Å². The van der Waals surface area contributed by atoms with Crippen LogP contribution in [-0.4, -0.2) is 4.21 Å². The molecular weight excluding hydrogens is 381 g/mol. The summed E-state index contributed by atoms with van der Waals surface area (Å²) in [5.74, 6) is 0.421. The van der Waals surface area contributed by atoms with Gasteiger partial charge in [0.15, 0.2) is 0 Å². The van der Waals surface area contributed by atoms with Gasteiger partial charge in [0.2, 0.25) is 0 Å². The standard InChI is InChI=1S/C13H11ClINOS/c14-11-2-1-3-12(16)13(11)18(17)8-9-4-6-10(15)7-5-9/h1-7H,8,16H2. The Hall–Kier alpha value is -0.590. The Morgan fingerprint density at radius 3 is 2.44 bits per heavy atom. The number of anilines is 1. The lowest BCUT2D eigenvalue weighted by molar-refractivity contribution is 0.683. The molecule has 0 spiro atoms. The van der Waals surface area contributed by atoms with E-state index in [1.54, 1.807) is 18.2 Å². The fourth-order valence-electron chi connectivity index (χ4n) is 1.57. The van der Waals surface area contributed by atoms with Gasteiger partial charge in [-0.3, -0.25) is 4.21 Å². The summed E-state index contributed by atoms with van der Waals surface area (Å²) in [4.78, 5) is 0.526. The molecule has 1 unspecified atom stereocenters. The number of rotatable bonds is 3. The molecular formula is C13H11ClINOS. The van der Waals surface area contributed by atoms with Crippen molar-refractivity contribution in [3.63, 3.8) is 0 Å². The minimum atomic E-state index is -1.22. The van der Waals surface area contributed by atoms with Crippen LogP contribution in [0.25, 0.3) is 0 Å². The fraction of sp³-hybridized carbons (Fsp3) is 0.0769. The van der Waals surface area contributed by atoms with E-state index in [1.165, 1.54) is 0 Å². The average Bonchev–Trinajstić information content (AvgIpc) is 2.32. The maximum absolute atomic E-state index is 12.3. The molecule has 0 fully saturated rings. The third-order valence-corrected chi connectivity index (χ3v) is 5.09. The molecule has 0 aliphatic heterocycles. The predicted octanol–water partition coefficient (Wildman–Crippen LogP) is 3.83. The maximum Gasteiger partial charge on any atom is 0.0806 e. The molecule has 2 rings (SSSR count). The Labute approximate surface area is 127 Å². The largest absolute Gasteiger partial charge is 0.398 e. The predicted molar refractivity (Wildman–Crippen MR) is 85.1 cm³/mol. The van der Waals surface area contributed by atoms with Crippen molar-refractivity contribution in [1.82, 2.24) is 0 Å². The first-order chi connectivity index (χ1) is 8.58. The van der Waals surface area contributed by atoms with E-state index in [0.29, 0.717) is 21.4 Å². The smallest absolute Gasteiger partial charge is 0.0806 e. The quantitative estimate of drug-likeness (QED) is 0.638. The summed E-state index contributed by atoms with van der Waals surface area (Å²) in [7, 11) is -1.22. The Balaban J connectivity index is 2.25. The molecule has 0 radical (unpaired) electrons. The zero-order valence-electron chi connectivity index (χ0n) is 9.40. The molecule has 5 heteroatoms. The Morgan fingerprint density at radius 1 is 1.17 bits per heavy atom. The first-order valence-corrected chi connectivity index (χ1v) is 8.02. The van der Waals surface area contributed by atoms with Crippen molar-refractivity contribution in [1.29, 1.82) is 0 Å². The molecule has 2 N–H and O–H groups in total. The van der Waals surface area contributed by atoms with E-state index in [2.05, 4.69) is 22.6 Å². The number of benzene rings is 2. The molecule has 1 atom stereocenters. The molecule has 0 saturated carbocycles. The first kappa shape index (κ1) is 13.8. The van der Waals surface area contributed by atoms with Crippen LogP contribution in [0.15, 0.2) is 47.4 Å². The van der Waals surface area contributed by atoms with Gasteiger partial charge in [0, 0.05) is 9.26 Å². The van der Waals surface area contributed by atoms with Crippen LogP contribution in [0, 0.1) is 3.57 Å². The molecule has 0 aromatic heterocycles. The summed E-state index contributed by atoms with van der Waals surface area (Å²) in [5.41, 5.74) is 7.31. The van der Waals surface area contributed by atoms with Crippen LogP contribution in [0.2, 0.25) is 5.02 Å². The van der Waals surface area contributed by atoms with Gasteiger partial charge >= 0.3 is 0 Å². The monoisotopic (exact) mass is 391 g/mol. The van der Waals surface area contributed by atoms with Crippen molar-refractivity contribution in [2.75, 3.05) is 5.73 Å². The summed E-state index contributed by atoms with van der Waals surface area (Å²) >= 11 is 8.28. The molecule has 0 aliphatic rings. The highest BCUT2D eigenvalue weighted by Gasteiger charge is 2.12. The summed E-state index contributed by atoms with van der Waals surface area (Å²) in [5, 5.41) is 0.457. The van der Waals surface area contributed by atoms with Crippen molar-refractivity contribution >= 4 is 50.7 Å². The Bertz CT molecular complexity index is 566. The number of nitrogens with two attached hydrogens (primary N) is 1. The van der Waals surface area contributed by atoms with Gasteiger partial charge in [-0.15, -0.1) is 0 Å². The molecule has 94 valence electrons. The molecule has 0 aliphatic carbocycles. The third-order valence-electron chi connectivity index (χ3n) is 2.44. The summed E-state index contributed by atoms with van der Waals surface area (Å²) in [6.07, 6.45) is 0. The van der Waals surface area contributed by atoms with Crippen LogP contribution >= 0.6 is 34.2 Å². The average molecular weight is 392 g/mol. The van der Waals surface area contributed by atoms with E-state index >= 15 is 0 Å². The van der Waals surface area contributed by atoms with E-state index in [4.69, 9.17) is 17.3 Å². The van der Waals surface area contributed by atoms with Crippen LogP contribution in [0.5, 0.6) is 0 Å². The maximum atomic E-state index is 12.3. The molecule has 2 nitrogen and oxygen atoms in total. The van der Waals surface area contributed by atoms with E-state index in [-0.39, 0.29) is 0 Å².